The SMILES string of the molecule is O=C1CCC23Oc4ccc(O)c5c4C(Oc4cccc1c42)(O3)C1OC1C5=O. The monoisotopic (exact) mass is 364 g/mol. The number of carbonyl (C=O) groups excluding carboxylic acids is 2. The van der Waals surface area contributed by atoms with Crippen molar-refractivity contribution in [1.82, 2.24) is 0 Å². The van der Waals surface area contributed by atoms with Gasteiger partial charge in [-0.1, -0.05) is 12.1 Å². The van der Waals surface area contributed by atoms with Crippen LogP contribution in [0.2, 0.25) is 0 Å². The molecule has 2 aromatic rings. The summed E-state index contributed by atoms with van der Waals surface area (Å²) in [5, 5.41) is 10.3. The van der Waals surface area contributed by atoms with Crippen LogP contribution in [0.25, 0.3) is 0 Å². The number of carbonyl (C=O) groups is 2. The highest BCUT2D eigenvalue weighted by Gasteiger charge is 2.74. The van der Waals surface area contributed by atoms with E-state index in [1.165, 1.54) is 6.07 Å². The first-order valence-corrected chi connectivity index (χ1v) is 8.85. The first-order chi connectivity index (χ1) is 13.0. The number of ketones is 2. The number of aromatic hydroxyl groups is 1. The zero-order valence-electron chi connectivity index (χ0n) is 13.9. The maximum Gasteiger partial charge on any atom is 0.274 e. The van der Waals surface area contributed by atoms with Crippen LogP contribution in [0.4, 0.5) is 0 Å². The quantitative estimate of drug-likeness (QED) is 0.716. The Kier molecular flexibility index (Phi) is 2.10. The zero-order valence-corrected chi connectivity index (χ0v) is 13.9. The van der Waals surface area contributed by atoms with Gasteiger partial charge in [0.25, 0.3) is 5.79 Å². The third-order valence-corrected chi connectivity index (χ3v) is 6.11. The van der Waals surface area contributed by atoms with E-state index < -0.39 is 23.8 Å². The lowest BCUT2D eigenvalue weighted by Crippen LogP contribution is -2.61. The maximum absolute atomic E-state index is 12.7. The number of ether oxygens (including phenoxy) is 4. The number of phenols is 1. The Bertz CT molecular complexity index is 1120. The van der Waals surface area contributed by atoms with Gasteiger partial charge in [0.05, 0.1) is 16.7 Å². The van der Waals surface area contributed by atoms with Gasteiger partial charge >= 0.3 is 0 Å². The lowest BCUT2D eigenvalue weighted by molar-refractivity contribution is -0.366. The smallest absolute Gasteiger partial charge is 0.274 e. The molecule has 2 aromatic carbocycles. The molecule has 134 valence electrons. The van der Waals surface area contributed by atoms with Crippen LogP contribution in [0.5, 0.6) is 17.2 Å². The predicted octanol–water partition coefficient (Wildman–Crippen LogP) is 2.14. The Morgan fingerprint density at radius 2 is 1.89 bits per heavy atom. The molecule has 3 heterocycles. The summed E-state index contributed by atoms with van der Waals surface area (Å²) in [7, 11) is 0. The molecule has 7 nitrogen and oxygen atoms in total. The number of phenolic OH excluding ortho intramolecular Hbond substituents is 1. The van der Waals surface area contributed by atoms with Crippen LogP contribution in [-0.2, 0) is 21.0 Å². The van der Waals surface area contributed by atoms with E-state index in [4.69, 9.17) is 18.9 Å². The van der Waals surface area contributed by atoms with Crippen molar-refractivity contribution in [2.75, 3.05) is 0 Å². The van der Waals surface area contributed by atoms with Crippen molar-refractivity contribution in [2.24, 2.45) is 0 Å². The molecule has 2 spiro atoms. The second kappa shape index (κ2) is 4.00. The van der Waals surface area contributed by atoms with Crippen LogP contribution in [0.1, 0.15) is 44.7 Å². The highest BCUT2D eigenvalue weighted by atomic mass is 16.8. The van der Waals surface area contributed by atoms with Crippen molar-refractivity contribution in [3.63, 3.8) is 0 Å². The van der Waals surface area contributed by atoms with Crippen molar-refractivity contribution < 1.29 is 33.6 Å². The summed E-state index contributed by atoms with van der Waals surface area (Å²) in [5.74, 6) is -2.12. The summed E-state index contributed by atoms with van der Waals surface area (Å²) in [6, 6.07) is 8.31. The van der Waals surface area contributed by atoms with Gasteiger partial charge in [0, 0.05) is 18.4 Å². The maximum atomic E-state index is 12.7. The molecule has 1 N–H and O–H groups in total. The number of rotatable bonds is 0. The van der Waals surface area contributed by atoms with Gasteiger partial charge in [-0.2, -0.15) is 0 Å². The number of hydrogen-bond donors (Lipinski definition) is 1. The van der Waals surface area contributed by atoms with Crippen LogP contribution < -0.4 is 9.47 Å². The molecule has 0 amide bonds. The normalized spacial score (nSPS) is 36.0. The number of Topliss-reactive ketones (excluding diaryl/α,β-unsaturated/α-hetero) is 2. The van der Waals surface area contributed by atoms with Gasteiger partial charge in [0.2, 0.25) is 5.79 Å². The average Bonchev–Trinajstić information content (AvgIpc) is 3.46. The van der Waals surface area contributed by atoms with E-state index in [1.54, 1.807) is 24.3 Å². The van der Waals surface area contributed by atoms with Crippen LogP contribution in [0.15, 0.2) is 30.3 Å². The van der Waals surface area contributed by atoms with Crippen molar-refractivity contribution in [3.8, 4) is 17.2 Å². The van der Waals surface area contributed by atoms with Gasteiger partial charge in [0.15, 0.2) is 23.8 Å². The molecule has 2 bridgehead atoms. The lowest BCUT2D eigenvalue weighted by Gasteiger charge is -2.54. The molecule has 7 rings (SSSR count). The Morgan fingerprint density at radius 1 is 1.04 bits per heavy atom. The second-order valence-corrected chi connectivity index (χ2v) is 7.50. The van der Waals surface area contributed by atoms with Crippen molar-refractivity contribution in [3.05, 3.63) is 52.6 Å². The number of benzene rings is 2. The molecule has 7 heteroatoms. The first kappa shape index (κ1) is 14.2. The van der Waals surface area contributed by atoms with Crippen LogP contribution in [0.3, 0.4) is 0 Å². The summed E-state index contributed by atoms with van der Waals surface area (Å²) in [6.45, 7) is 0. The molecular formula is C20H12O7. The van der Waals surface area contributed by atoms with E-state index in [0.29, 0.717) is 34.6 Å². The standard InChI is InChI=1S/C20H12O7/c21-9-6-7-19-14-8(9)2-1-3-11(14)26-20(27-19)15-12(25-19)5-4-10(22)13(15)16(23)17-18(20)24-17/h1-5,17-18,22H,6-7H2. The van der Waals surface area contributed by atoms with Crippen molar-refractivity contribution >= 4 is 11.6 Å². The summed E-state index contributed by atoms with van der Waals surface area (Å²) >= 11 is 0. The third-order valence-electron chi connectivity index (χ3n) is 6.11. The third kappa shape index (κ3) is 1.39. The topological polar surface area (TPSA) is 94.6 Å². The van der Waals surface area contributed by atoms with E-state index >= 15 is 0 Å². The highest BCUT2D eigenvalue weighted by Crippen LogP contribution is 2.64. The van der Waals surface area contributed by atoms with Crippen molar-refractivity contribution in [1.29, 1.82) is 0 Å². The van der Waals surface area contributed by atoms with Gasteiger partial charge < -0.3 is 19.3 Å². The molecule has 27 heavy (non-hydrogen) atoms. The van der Waals surface area contributed by atoms with Crippen LogP contribution >= 0.6 is 0 Å². The fourth-order valence-electron chi connectivity index (χ4n) is 4.97. The molecule has 0 radical (unpaired) electrons. The largest absolute Gasteiger partial charge is 0.507 e. The summed E-state index contributed by atoms with van der Waals surface area (Å²) in [5.41, 5.74) is 1.59. The van der Waals surface area contributed by atoms with Gasteiger partial charge in [-0.3, -0.25) is 14.3 Å². The number of epoxide rings is 1. The zero-order chi connectivity index (χ0) is 18.1. The second-order valence-electron chi connectivity index (χ2n) is 7.50. The molecule has 1 fully saturated rings. The van der Waals surface area contributed by atoms with Gasteiger partial charge in [-0.05, 0) is 18.2 Å². The number of fused-ring (bicyclic) bond motifs is 1. The molecule has 4 unspecified atom stereocenters. The lowest BCUT2D eigenvalue weighted by atomic mass is 9.78. The number of hydrogen-bond acceptors (Lipinski definition) is 7. The minimum absolute atomic E-state index is 0.0146. The van der Waals surface area contributed by atoms with Crippen molar-refractivity contribution in [2.45, 2.75) is 36.6 Å². The molecule has 3 aliphatic heterocycles. The predicted molar refractivity (Wildman–Crippen MR) is 86.8 cm³/mol. The van der Waals surface area contributed by atoms with Gasteiger partial charge in [-0.25, -0.2) is 0 Å². The molecule has 2 aliphatic carbocycles. The fourth-order valence-corrected chi connectivity index (χ4v) is 4.97. The van der Waals surface area contributed by atoms with E-state index in [0.717, 1.165) is 0 Å². The molecule has 5 aliphatic rings. The van der Waals surface area contributed by atoms with E-state index in [1.807, 2.05) is 0 Å². The van der Waals surface area contributed by atoms with Gasteiger partial charge in [-0.15, -0.1) is 0 Å². The minimum atomic E-state index is -1.38. The Hall–Kier alpha value is -2.90. The van der Waals surface area contributed by atoms with Crippen LogP contribution in [0, 0.1) is 0 Å². The van der Waals surface area contributed by atoms with E-state index in [-0.39, 0.29) is 29.3 Å². The van der Waals surface area contributed by atoms with E-state index in [2.05, 4.69) is 0 Å². The van der Waals surface area contributed by atoms with Gasteiger partial charge in [0.1, 0.15) is 17.2 Å². The Labute approximate surface area is 152 Å². The first-order valence-electron chi connectivity index (χ1n) is 8.85. The molecule has 0 saturated carbocycles. The molecule has 0 aromatic heterocycles. The van der Waals surface area contributed by atoms with E-state index in [9.17, 15) is 14.7 Å². The summed E-state index contributed by atoms with van der Waals surface area (Å²) in [6.07, 6.45) is -0.722. The summed E-state index contributed by atoms with van der Waals surface area (Å²) in [4.78, 5) is 25.1. The molecule has 4 atom stereocenters. The minimum Gasteiger partial charge on any atom is -0.507 e. The molecule has 1 saturated heterocycles. The van der Waals surface area contributed by atoms with Crippen LogP contribution in [-0.4, -0.2) is 28.9 Å². The average molecular weight is 364 g/mol. The Morgan fingerprint density at radius 3 is 2.78 bits per heavy atom. The Balaban J connectivity index is 1.59. The molecular weight excluding hydrogens is 352 g/mol. The highest BCUT2D eigenvalue weighted by molar-refractivity contribution is 6.07. The fraction of sp³-hybridized carbons (Fsp3) is 0.300. The summed E-state index contributed by atoms with van der Waals surface area (Å²) < 4.78 is 24.7.